The molecule has 10 rings (SSSR count). The van der Waals surface area contributed by atoms with Crippen molar-refractivity contribution < 1.29 is 0 Å². The van der Waals surface area contributed by atoms with E-state index in [4.69, 9.17) is 11.8 Å². The molecule has 5 heteroatoms. The normalized spacial score (nSPS) is 18.3. The standard InChI is InChI=1S/C47H38GeNPS2/c1-31-22-25-41-37(28-31)47(35-16-8-12-20-45(35)52-46-21-13-9-17-36(46)47)38-29-32(2)23-26-42(38)49(41)33-24-27-44-40(30-33)48(3,4)39-18-10-11-19-43(39)50(44,51)34-14-6-5-7-15-34/h5-30H,1-4H3. The minimum absolute atomic E-state index is 0.462. The van der Waals surface area contributed by atoms with Crippen LogP contribution in [-0.4, -0.2) is 13.3 Å². The van der Waals surface area contributed by atoms with E-state index in [0.717, 1.165) is 0 Å². The number of hydrogen-bond acceptors (Lipinski definition) is 3. The summed E-state index contributed by atoms with van der Waals surface area (Å²) in [4.78, 5) is 5.21. The van der Waals surface area contributed by atoms with Crippen LogP contribution in [0.25, 0.3) is 0 Å². The van der Waals surface area contributed by atoms with E-state index in [-0.39, 0.29) is 0 Å². The van der Waals surface area contributed by atoms with E-state index in [1.807, 2.05) is 11.8 Å². The minimum atomic E-state index is -2.82. The van der Waals surface area contributed by atoms with Crippen LogP contribution >= 0.6 is 17.8 Å². The molecule has 0 fully saturated rings. The van der Waals surface area contributed by atoms with Gasteiger partial charge in [-0.15, -0.1) is 0 Å². The van der Waals surface area contributed by atoms with Crippen LogP contribution in [0, 0.1) is 13.8 Å². The fourth-order valence-electron chi connectivity index (χ4n) is 9.32. The second-order valence-corrected chi connectivity index (χ2v) is 29.5. The number of hydrogen-bond donors (Lipinski definition) is 0. The Balaban J connectivity index is 1.28. The van der Waals surface area contributed by atoms with Crippen molar-refractivity contribution in [3.63, 3.8) is 0 Å². The van der Waals surface area contributed by atoms with Crippen molar-refractivity contribution in [3.05, 3.63) is 191 Å². The van der Waals surface area contributed by atoms with Gasteiger partial charge in [0, 0.05) is 0 Å². The monoisotopic (exact) mass is 785 g/mol. The zero-order chi connectivity index (χ0) is 35.4. The van der Waals surface area contributed by atoms with Gasteiger partial charge in [0.15, 0.2) is 0 Å². The van der Waals surface area contributed by atoms with Crippen molar-refractivity contribution in [3.8, 4) is 0 Å². The molecule has 0 saturated heterocycles. The molecule has 3 aliphatic heterocycles. The number of benzene rings is 7. The number of fused-ring (bicyclic) bond motifs is 10. The molecule has 52 heavy (non-hydrogen) atoms. The summed E-state index contributed by atoms with van der Waals surface area (Å²) in [5.41, 5.74) is 11.2. The molecule has 3 aliphatic rings. The van der Waals surface area contributed by atoms with Gasteiger partial charge >= 0.3 is 321 Å². The first-order chi connectivity index (χ1) is 25.2. The molecule has 0 N–H and O–H groups in total. The Hall–Kier alpha value is -4.12. The molecular formula is C47H38GeNPS2. The van der Waals surface area contributed by atoms with E-state index < -0.39 is 24.7 Å². The number of rotatable bonds is 2. The third kappa shape index (κ3) is 4.34. The van der Waals surface area contributed by atoms with Crippen LogP contribution in [-0.2, 0) is 17.2 Å². The quantitative estimate of drug-likeness (QED) is 0.127. The third-order valence-corrected chi connectivity index (χ3v) is 26.1. The van der Waals surface area contributed by atoms with Gasteiger partial charge in [0.1, 0.15) is 0 Å². The molecule has 3 heterocycles. The van der Waals surface area contributed by atoms with Gasteiger partial charge in [-0.05, 0) is 0 Å². The van der Waals surface area contributed by atoms with Gasteiger partial charge in [-0.3, -0.25) is 0 Å². The van der Waals surface area contributed by atoms with Crippen molar-refractivity contribution in [2.24, 2.45) is 0 Å². The van der Waals surface area contributed by atoms with Crippen LogP contribution in [0.1, 0.15) is 33.4 Å². The first kappa shape index (κ1) is 32.5. The molecule has 7 aromatic rings. The molecule has 1 spiro atoms. The molecular weight excluding hydrogens is 746 g/mol. The summed E-state index contributed by atoms with van der Waals surface area (Å²) in [6, 6.07) is 57.6. The summed E-state index contributed by atoms with van der Waals surface area (Å²) in [7, 11) is 0. The zero-order valence-electron chi connectivity index (χ0n) is 29.7. The summed E-state index contributed by atoms with van der Waals surface area (Å²) < 4.78 is 3.03. The molecule has 1 atom stereocenters. The van der Waals surface area contributed by atoms with E-state index in [2.05, 4.69) is 188 Å². The predicted molar refractivity (Wildman–Crippen MR) is 229 cm³/mol. The van der Waals surface area contributed by atoms with E-state index >= 15 is 0 Å². The van der Waals surface area contributed by atoms with Crippen LogP contribution in [0.2, 0.25) is 11.5 Å². The van der Waals surface area contributed by atoms with Gasteiger partial charge in [0.25, 0.3) is 0 Å². The number of nitrogens with zero attached hydrogens (tertiary/aromatic N) is 1. The molecule has 0 bridgehead atoms. The maximum atomic E-state index is 6.97. The van der Waals surface area contributed by atoms with Crippen LogP contribution in [0.5, 0.6) is 0 Å². The topological polar surface area (TPSA) is 3.24 Å². The van der Waals surface area contributed by atoms with Crippen molar-refractivity contribution in [1.29, 1.82) is 0 Å². The molecule has 252 valence electrons. The van der Waals surface area contributed by atoms with Gasteiger partial charge in [0.05, 0.1) is 0 Å². The van der Waals surface area contributed by atoms with Gasteiger partial charge in [-0.25, -0.2) is 0 Å². The Bertz CT molecular complexity index is 2560. The fraction of sp³-hybridized carbons (Fsp3) is 0.106. The Kier molecular flexibility index (Phi) is 7.31. The first-order valence-corrected chi connectivity index (χ1v) is 28.0. The average molecular weight is 785 g/mol. The Morgan fingerprint density at radius 1 is 0.538 bits per heavy atom. The third-order valence-electron chi connectivity index (χ3n) is 11.7. The molecule has 7 aromatic carbocycles. The maximum absolute atomic E-state index is 6.97. The van der Waals surface area contributed by atoms with Gasteiger partial charge < -0.3 is 0 Å². The summed E-state index contributed by atoms with van der Waals surface area (Å²) >= 11 is 6.04. The molecule has 0 aromatic heterocycles. The average Bonchev–Trinajstić information content (AvgIpc) is 3.17. The van der Waals surface area contributed by atoms with Crippen molar-refractivity contribution >= 4 is 84.6 Å². The van der Waals surface area contributed by atoms with Crippen LogP contribution in [0.3, 0.4) is 0 Å². The number of aryl methyl sites for hydroxylation is 2. The van der Waals surface area contributed by atoms with E-state index in [1.54, 1.807) is 0 Å². The second-order valence-electron chi connectivity index (χ2n) is 15.0. The molecule has 1 nitrogen and oxygen atoms in total. The molecule has 0 radical (unpaired) electrons. The second kappa shape index (κ2) is 11.7. The van der Waals surface area contributed by atoms with E-state index in [9.17, 15) is 0 Å². The van der Waals surface area contributed by atoms with Gasteiger partial charge in [-0.2, -0.15) is 0 Å². The van der Waals surface area contributed by atoms with Crippen LogP contribution in [0.15, 0.2) is 168 Å². The molecule has 0 aliphatic carbocycles. The van der Waals surface area contributed by atoms with E-state index in [1.165, 1.54) is 84.9 Å². The Morgan fingerprint density at radius 2 is 1.08 bits per heavy atom. The van der Waals surface area contributed by atoms with E-state index in [0.29, 0.717) is 0 Å². The van der Waals surface area contributed by atoms with Crippen molar-refractivity contribution in [1.82, 2.24) is 0 Å². The predicted octanol–water partition coefficient (Wildman–Crippen LogP) is 9.83. The molecule has 1 unspecified atom stereocenters. The SMILES string of the molecule is Cc1ccc2c(c1)C1(c3ccccc3Sc3ccccc31)c1cc(C)ccc1N2c1ccc2[c](c1)[Ge]([CH3])([CH3])[c]1ccccc1P2(=S)c1ccccc1. The summed E-state index contributed by atoms with van der Waals surface area (Å²) in [5.74, 6) is 5.14. The summed E-state index contributed by atoms with van der Waals surface area (Å²) in [6.07, 6.45) is 0. The fourth-order valence-corrected chi connectivity index (χ4v) is 26.5. The van der Waals surface area contributed by atoms with Crippen molar-refractivity contribution in [2.45, 2.75) is 40.6 Å². The Morgan fingerprint density at radius 3 is 1.71 bits per heavy atom. The van der Waals surface area contributed by atoms with Crippen LogP contribution in [0.4, 0.5) is 17.1 Å². The molecule has 0 saturated carbocycles. The number of anilines is 3. The molecule has 0 amide bonds. The summed E-state index contributed by atoms with van der Waals surface area (Å²) in [5, 5.41) is 4.06. The zero-order valence-corrected chi connectivity index (χ0v) is 34.3. The van der Waals surface area contributed by atoms with Gasteiger partial charge in [0.2, 0.25) is 0 Å². The Labute approximate surface area is 319 Å². The first-order valence-electron chi connectivity index (χ1n) is 18.0. The summed E-state index contributed by atoms with van der Waals surface area (Å²) in [6.45, 7) is 4.48. The van der Waals surface area contributed by atoms with Crippen molar-refractivity contribution in [2.75, 3.05) is 4.90 Å². The van der Waals surface area contributed by atoms with Gasteiger partial charge in [-0.1, -0.05) is 0 Å². The van der Waals surface area contributed by atoms with Crippen LogP contribution < -0.4 is 29.6 Å².